The van der Waals surface area contributed by atoms with Gasteiger partial charge in [0.2, 0.25) is 0 Å². The van der Waals surface area contributed by atoms with Gasteiger partial charge in [-0.2, -0.15) is 0 Å². The van der Waals surface area contributed by atoms with E-state index in [1.807, 2.05) is 6.07 Å². The van der Waals surface area contributed by atoms with E-state index in [2.05, 4.69) is 4.98 Å². The summed E-state index contributed by atoms with van der Waals surface area (Å²) in [4.78, 5) is 30.9. The molecular formula is C22H18Cl2N2O3. The van der Waals surface area contributed by atoms with Crippen molar-refractivity contribution in [2.24, 2.45) is 0 Å². The maximum absolute atomic E-state index is 13.3. The number of aromatic nitrogens is 1. The van der Waals surface area contributed by atoms with Gasteiger partial charge in [-0.25, -0.2) is 4.79 Å². The molecule has 0 saturated carbocycles. The Hall–Kier alpha value is -2.89. The number of hydrogen-bond acceptors (Lipinski definition) is 4. The number of pyridine rings is 1. The van der Waals surface area contributed by atoms with Gasteiger partial charge in [-0.05, 0) is 61.0 Å². The Bertz CT molecular complexity index is 1010. The van der Waals surface area contributed by atoms with E-state index in [0.29, 0.717) is 28.4 Å². The fourth-order valence-electron chi connectivity index (χ4n) is 2.75. The van der Waals surface area contributed by atoms with Crippen LogP contribution in [0.25, 0.3) is 0 Å². The zero-order valence-electron chi connectivity index (χ0n) is 15.6. The number of carbonyl (C=O) groups excluding carboxylic acids is 2. The van der Waals surface area contributed by atoms with Gasteiger partial charge in [-0.3, -0.25) is 9.78 Å². The number of carbonyl (C=O) groups is 2. The highest BCUT2D eigenvalue weighted by Gasteiger charge is 2.21. The van der Waals surface area contributed by atoms with E-state index >= 15 is 0 Å². The molecule has 0 N–H and O–H groups in total. The number of halogens is 2. The first-order chi connectivity index (χ1) is 14.0. The van der Waals surface area contributed by atoms with Crippen LogP contribution in [0.1, 0.15) is 33.2 Å². The summed E-state index contributed by atoms with van der Waals surface area (Å²) in [7, 11) is 0. The number of nitrogens with zero attached hydrogens (tertiary/aromatic N) is 2. The Morgan fingerprint density at radius 2 is 1.83 bits per heavy atom. The fourth-order valence-corrected chi connectivity index (χ4v) is 3.24. The normalized spacial score (nSPS) is 10.4. The molecular weight excluding hydrogens is 411 g/mol. The smallest absolute Gasteiger partial charge is 0.338 e. The van der Waals surface area contributed by atoms with E-state index in [1.165, 1.54) is 6.07 Å². The summed E-state index contributed by atoms with van der Waals surface area (Å²) < 4.78 is 5.01. The first kappa shape index (κ1) is 20.8. The molecule has 0 aliphatic carbocycles. The number of ether oxygens (including phenoxy) is 1. The molecule has 0 aliphatic rings. The van der Waals surface area contributed by atoms with Gasteiger partial charge in [0.15, 0.2) is 0 Å². The second-order valence-electron chi connectivity index (χ2n) is 6.14. The summed E-state index contributed by atoms with van der Waals surface area (Å²) >= 11 is 12.2. The molecule has 3 rings (SSSR count). The molecule has 29 heavy (non-hydrogen) atoms. The fraction of sp³-hybridized carbons (Fsp3) is 0.136. The lowest BCUT2D eigenvalue weighted by molar-refractivity contribution is 0.0526. The predicted octanol–water partition coefficient (Wildman–Crippen LogP) is 5.41. The van der Waals surface area contributed by atoms with Crippen LogP contribution < -0.4 is 4.90 Å². The minimum Gasteiger partial charge on any atom is -0.462 e. The van der Waals surface area contributed by atoms with Gasteiger partial charge in [0.05, 0.1) is 29.3 Å². The van der Waals surface area contributed by atoms with E-state index < -0.39 is 5.97 Å². The van der Waals surface area contributed by atoms with Crippen LogP contribution in [0.4, 0.5) is 5.69 Å². The van der Waals surface area contributed by atoms with Gasteiger partial charge in [-0.1, -0.05) is 29.3 Å². The van der Waals surface area contributed by atoms with Crippen molar-refractivity contribution in [3.05, 3.63) is 93.7 Å². The second-order valence-corrected chi connectivity index (χ2v) is 6.99. The lowest BCUT2D eigenvalue weighted by Gasteiger charge is -2.24. The van der Waals surface area contributed by atoms with Gasteiger partial charge >= 0.3 is 5.97 Å². The number of benzene rings is 2. The monoisotopic (exact) mass is 428 g/mol. The highest BCUT2D eigenvalue weighted by molar-refractivity contribution is 6.37. The van der Waals surface area contributed by atoms with Crippen molar-refractivity contribution < 1.29 is 14.3 Å². The van der Waals surface area contributed by atoms with Crippen LogP contribution in [-0.4, -0.2) is 23.5 Å². The van der Waals surface area contributed by atoms with Crippen LogP contribution >= 0.6 is 23.2 Å². The van der Waals surface area contributed by atoms with E-state index in [-0.39, 0.29) is 17.5 Å². The molecule has 0 unspecified atom stereocenters. The minimum atomic E-state index is -0.412. The number of rotatable bonds is 6. The van der Waals surface area contributed by atoms with E-state index in [0.717, 1.165) is 5.56 Å². The standard InChI is InChI=1S/C22H18Cl2N2O3/c1-2-29-22(28)16-5-8-18(9-6-16)26(14-15-4-3-11-25-13-15)21(27)19-10-7-17(23)12-20(19)24/h3-13H,2,14H2,1H3. The molecule has 0 bridgehead atoms. The molecule has 3 aromatic rings. The van der Waals surface area contributed by atoms with Crippen LogP contribution in [-0.2, 0) is 11.3 Å². The molecule has 148 valence electrons. The summed E-state index contributed by atoms with van der Waals surface area (Å²) in [5, 5.41) is 0.714. The molecule has 2 aromatic carbocycles. The SMILES string of the molecule is CCOC(=O)c1ccc(N(Cc2cccnc2)C(=O)c2ccc(Cl)cc2Cl)cc1. The highest BCUT2D eigenvalue weighted by Crippen LogP contribution is 2.26. The second kappa shape index (κ2) is 9.54. The zero-order valence-corrected chi connectivity index (χ0v) is 17.2. The summed E-state index contributed by atoms with van der Waals surface area (Å²) in [6.07, 6.45) is 3.36. The zero-order chi connectivity index (χ0) is 20.8. The molecule has 0 atom stereocenters. The Morgan fingerprint density at radius 3 is 2.45 bits per heavy atom. The Labute approximate surface area is 178 Å². The summed E-state index contributed by atoms with van der Waals surface area (Å²) in [6, 6.07) is 15.1. The molecule has 5 nitrogen and oxygen atoms in total. The lowest BCUT2D eigenvalue weighted by atomic mass is 10.1. The molecule has 0 fully saturated rings. The van der Waals surface area contributed by atoms with E-state index in [9.17, 15) is 9.59 Å². The molecule has 1 heterocycles. The van der Waals surface area contributed by atoms with Crippen molar-refractivity contribution in [2.75, 3.05) is 11.5 Å². The molecule has 0 spiro atoms. The number of amides is 1. The van der Waals surface area contributed by atoms with Gasteiger partial charge in [0.25, 0.3) is 5.91 Å². The predicted molar refractivity (Wildman–Crippen MR) is 114 cm³/mol. The molecule has 0 saturated heterocycles. The number of esters is 1. The summed E-state index contributed by atoms with van der Waals surface area (Å²) in [6.45, 7) is 2.32. The van der Waals surface area contributed by atoms with Crippen LogP contribution in [0.5, 0.6) is 0 Å². The summed E-state index contributed by atoms with van der Waals surface area (Å²) in [5.74, 6) is -0.704. The van der Waals surface area contributed by atoms with Crippen LogP contribution in [0.2, 0.25) is 10.0 Å². The highest BCUT2D eigenvalue weighted by atomic mass is 35.5. The Balaban J connectivity index is 1.96. The van der Waals surface area contributed by atoms with Gasteiger partial charge in [0.1, 0.15) is 0 Å². The van der Waals surface area contributed by atoms with Gasteiger partial charge < -0.3 is 9.64 Å². The Kier molecular flexibility index (Phi) is 6.86. The van der Waals surface area contributed by atoms with Crippen LogP contribution in [0.3, 0.4) is 0 Å². The van der Waals surface area contributed by atoms with Gasteiger partial charge in [0, 0.05) is 23.1 Å². The van der Waals surface area contributed by atoms with Crippen LogP contribution in [0.15, 0.2) is 67.0 Å². The topological polar surface area (TPSA) is 59.5 Å². The lowest BCUT2D eigenvalue weighted by Crippen LogP contribution is -2.30. The molecule has 1 amide bonds. The first-order valence-corrected chi connectivity index (χ1v) is 9.68. The van der Waals surface area contributed by atoms with Crippen molar-refractivity contribution in [2.45, 2.75) is 13.5 Å². The maximum atomic E-state index is 13.3. The molecule has 7 heteroatoms. The largest absolute Gasteiger partial charge is 0.462 e. The minimum absolute atomic E-state index is 0.266. The number of anilines is 1. The third-order valence-corrected chi connectivity index (χ3v) is 4.71. The van der Waals surface area contributed by atoms with E-state index in [4.69, 9.17) is 27.9 Å². The van der Waals surface area contributed by atoms with Crippen molar-refractivity contribution in [3.8, 4) is 0 Å². The number of hydrogen-bond donors (Lipinski definition) is 0. The average Bonchev–Trinajstić information content (AvgIpc) is 2.73. The Morgan fingerprint density at radius 1 is 1.07 bits per heavy atom. The van der Waals surface area contributed by atoms with Crippen molar-refractivity contribution in [1.82, 2.24) is 4.98 Å². The van der Waals surface area contributed by atoms with Crippen molar-refractivity contribution in [1.29, 1.82) is 0 Å². The third-order valence-electron chi connectivity index (χ3n) is 4.16. The van der Waals surface area contributed by atoms with Crippen molar-refractivity contribution >= 4 is 40.8 Å². The first-order valence-electron chi connectivity index (χ1n) is 8.92. The molecule has 1 aromatic heterocycles. The van der Waals surface area contributed by atoms with E-state index in [1.54, 1.807) is 66.7 Å². The molecule has 0 aliphatic heterocycles. The van der Waals surface area contributed by atoms with Crippen LogP contribution in [0, 0.1) is 0 Å². The average molecular weight is 429 g/mol. The maximum Gasteiger partial charge on any atom is 0.338 e. The van der Waals surface area contributed by atoms with Crippen molar-refractivity contribution in [3.63, 3.8) is 0 Å². The quantitative estimate of drug-likeness (QED) is 0.492. The molecule has 0 radical (unpaired) electrons. The third kappa shape index (κ3) is 5.13. The van der Waals surface area contributed by atoms with Gasteiger partial charge in [-0.15, -0.1) is 0 Å². The summed E-state index contributed by atoms with van der Waals surface area (Å²) in [5.41, 5.74) is 2.20.